The first-order chi connectivity index (χ1) is 11.4. The van der Waals surface area contributed by atoms with Gasteiger partial charge in [0.1, 0.15) is 23.8 Å². The van der Waals surface area contributed by atoms with Crippen LogP contribution in [-0.4, -0.2) is 24.7 Å². The Balaban J connectivity index is 1.51. The molecule has 1 N–H and O–H groups in total. The Morgan fingerprint density at radius 2 is 2.13 bits per heavy atom. The van der Waals surface area contributed by atoms with Crippen molar-refractivity contribution in [2.24, 2.45) is 0 Å². The van der Waals surface area contributed by atoms with E-state index in [9.17, 15) is 0 Å². The van der Waals surface area contributed by atoms with Gasteiger partial charge in [-0.15, -0.1) is 10.2 Å². The lowest BCUT2D eigenvalue weighted by atomic mass is 10.2. The van der Waals surface area contributed by atoms with Crippen molar-refractivity contribution in [3.05, 3.63) is 42.7 Å². The van der Waals surface area contributed by atoms with Crippen molar-refractivity contribution in [1.82, 2.24) is 24.7 Å². The van der Waals surface area contributed by atoms with Crippen molar-refractivity contribution in [1.29, 1.82) is 0 Å². The summed E-state index contributed by atoms with van der Waals surface area (Å²) in [7, 11) is 0. The molecule has 3 aromatic heterocycles. The highest BCUT2D eigenvalue weighted by Gasteiger charge is 2.26. The lowest BCUT2D eigenvalue weighted by molar-refractivity contribution is 0.664. The van der Waals surface area contributed by atoms with Crippen molar-refractivity contribution in [3.63, 3.8) is 0 Å². The minimum absolute atomic E-state index is 0.554. The van der Waals surface area contributed by atoms with Crippen molar-refractivity contribution in [3.8, 4) is 0 Å². The van der Waals surface area contributed by atoms with Crippen LogP contribution in [0.3, 0.4) is 0 Å². The first-order valence-electron chi connectivity index (χ1n) is 7.64. The first-order valence-corrected chi connectivity index (χ1v) is 7.64. The van der Waals surface area contributed by atoms with Gasteiger partial charge >= 0.3 is 0 Å². The van der Waals surface area contributed by atoms with Crippen molar-refractivity contribution < 1.29 is 4.42 Å². The average molecular weight is 306 g/mol. The summed E-state index contributed by atoms with van der Waals surface area (Å²) in [6.45, 7) is 0.555. The number of benzene rings is 1. The largest absolute Gasteiger partial charge is 0.450 e. The summed E-state index contributed by atoms with van der Waals surface area (Å²) in [5.41, 5.74) is 2.31. The van der Waals surface area contributed by atoms with Crippen molar-refractivity contribution >= 4 is 27.9 Å². The van der Waals surface area contributed by atoms with Crippen LogP contribution < -0.4 is 5.32 Å². The number of hydrogen-bond donors (Lipinski definition) is 1. The topological polar surface area (TPSA) is 81.7 Å². The molecule has 7 nitrogen and oxygen atoms in total. The number of nitrogens with zero attached hydrogens (tertiary/aromatic N) is 5. The molecule has 3 heterocycles. The number of nitrogens with one attached hydrogen (secondary N) is 1. The second-order valence-corrected chi connectivity index (χ2v) is 5.74. The van der Waals surface area contributed by atoms with E-state index >= 15 is 0 Å². The summed E-state index contributed by atoms with van der Waals surface area (Å²) in [6.07, 6.45) is 5.75. The van der Waals surface area contributed by atoms with Gasteiger partial charge in [0.05, 0.1) is 6.54 Å². The van der Waals surface area contributed by atoms with E-state index in [0.717, 1.165) is 22.3 Å². The molecule has 1 saturated carbocycles. The van der Waals surface area contributed by atoms with E-state index in [-0.39, 0.29) is 0 Å². The fourth-order valence-corrected chi connectivity index (χ4v) is 2.86. The van der Waals surface area contributed by atoms with E-state index in [2.05, 4.69) is 30.0 Å². The molecule has 0 atom stereocenters. The van der Waals surface area contributed by atoms with E-state index in [1.165, 1.54) is 12.8 Å². The van der Waals surface area contributed by atoms with E-state index in [4.69, 9.17) is 4.42 Å². The molecule has 4 aromatic rings. The smallest absolute Gasteiger partial charge is 0.196 e. The fraction of sp³-hybridized carbons (Fsp3) is 0.250. The maximum atomic E-state index is 5.91. The van der Waals surface area contributed by atoms with Crippen LogP contribution in [0.2, 0.25) is 0 Å². The van der Waals surface area contributed by atoms with Crippen LogP contribution in [0.5, 0.6) is 0 Å². The van der Waals surface area contributed by atoms with Gasteiger partial charge in [-0.1, -0.05) is 12.1 Å². The molecule has 0 radical (unpaired) electrons. The molecule has 0 unspecified atom stereocenters. The van der Waals surface area contributed by atoms with Crippen molar-refractivity contribution in [2.75, 3.05) is 5.32 Å². The minimum Gasteiger partial charge on any atom is -0.450 e. The molecule has 1 fully saturated rings. The molecule has 7 heteroatoms. The Labute approximate surface area is 131 Å². The van der Waals surface area contributed by atoms with Gasteiger partial charge in [-0.3, -0.25) is 0 Å². The molecule has 0 aliphatic heterocycles. The molecule has 23 heavy (non-hydrogen) atoms. The fourth-order valence-electron chi connectivity index (χ4n) is 2.86. The van der Waals surface area contributed by atoms with Gasteiger partial charge in [-0.2, -0.15) is 0 Å². The molecule has 114 valence electrons. The van der Waals surface area contributed by atoms with E-state index in [1.54, 1.807) is 12.7 Å². The summed E-state index contributed by atoms with van der Waals surface area (Å²) in [5.74, 6) is 1.59. The Kier molecular flexibility index (Phi) is 2.61. The van der Waals surface area contributed by atoms with Gasteiger partial charge in [-0.05, 0) is 25.0 Å². The SMILES string of the molecule is c1ccc2c(c1)oc1c(NCc3nncn3C3CC3)ncnc12. The van der Waals surface area contributed by atoms with Gasteiger partial charge in [0.25, 0.3) is 0 Å². The molecule has 1 aliphatic carbocycles. The van der Waals surface area contributed by atoms with Gasteiger partial charge in [0.15, 0.2) is 17.2 Å². The van der Waals surface area contributed by atoms with Crippen LogP contribution >= 0.6 is 0 Å². The summed E-state index contributed by atoms with van der Waals surface area (Å²) in [6, 6.07) is 8.42. The standard InChI is InChI=1S/C16H14N6O/c1-2-4-12-11(3-1)14-15(23-12)16(19-8-18-14)17-7-13-21-20-9-22(13)10-5-6-10/h1-4,8-10H,5-7H2,(H,17,18,19). The zero-order valence-electron chi connectivity index (χ0n) is 12.3. The van der Waals surface area contributed by atoms with E-state index in [0.29, 0.717) is 24.0 Å². The zero-order valence-corrected chi connectivity index (χ0v) is 12.3. The van der Waals surface area contributed by atoms with Crippen LogP contribution in [0, 0.1) is 0 Å². The number of rotatable bonds is 4. The average Bonchev–Trinajstić information content (AvgIpc) is 3.20. The second-order valence-electron chi connectivity index (χ2n) is 5.74. The predicted molar refractivity (Wildman–Crippen MR) is 84.9 cm³/mol. The predicted octanol–water partition coefficient (Wildman–Crippen LogP) is 2.91. The molecular formula is C16H14N6O. The Hall–Kier alpha value is -2.96. The van der Waals surface area contributed by atoms with Crippen LogP contribution in [0.25, 0.3) is 22.1 Å². The molecule has 1 aliphatic rings. The van der Waals surface area contributed by atoms with Crippen LogP contribution in [0.4, 0.5) is 5.82 Å². The Morgan fingerprint density at radius 3 is 3.04 bits per heavy atom. The van der Waals surface area contributed by atoms with Gasteiger partial charge < -0.3 is 14.3 Å². The van der Waals surface area contributed by atoms with Gasteiger partial charge in [0.2, 0.25) is 0 Å². The Morgan fingerprint density at radius 1 is 1.22 bits per heavy atom. The summed E-state index contributed by atoms with van der Waals surface area (Å²) in [4.78, 5) is 8.67. The lowest BCUT2D eigenvalue weighted by Crippen LogP contribution is -2.08. The number of anilines is 1. The quantitative estimate of drug-likeness (QED) is 0.624. The van der Waals surface area contributed by atoms with Crippen LogP contribution in [0.1, 0.15) is 24.7 Å². The molecule has 0 spiro atoms. The number of para-hydroxylation sites is 1. The molecule has 5 rings (SSSR count). The molecular weight excluding hydrogens is 292 g/mol. The Bertz CT molecular complexity index is 1000. The number of furan rings is 1. The summed E-state index contributed by atoms with van der Waals surface area (Å²) in [5, 5.41) is 12.5. The van der Waals surface area contributed by atoms with Crippen LogP contribution in [-0.2, 0) is 6.54 Å². The lowest BCUT2D eigenvalue weighted by Gasteiger charge is -2.06. The minimum atomic E-state index is 0.554. The highest BCUT2D eigenvalue weighted by Crippen LogP contribution is 2.35. The summed E-state index contributed by atoms with van der Waals surface area (Å²) < 4.78 is 8.04. The van der Waals surface area contributed by atoms with E-state index < -0.39 is 0 Å². The van der Waals surface area contributed by atoms with Gasteiger partial charge in [-0.25, -0.2) is 9.97 Å². The highest BCUT2D eigenvalue weighted by atomic mass is 16.3. The maximum Gasteiger partial charge on any atom is 0.196 e. The van der Waals surface area contributed by atoms with E-state index in [1.807, 2.05) is 24.3 Å². The molecule has 0 saturated heterocycles. The highest BCUT2D eigenvalue weighted by molar-refractivity contribution is 6.05. The van der Waals surface area contributed by atoms with Crippen LogP contribution in [0.15, 0.2) is 41.3 Å². The monoisotopic (exact) mass is 306 g/mol. The maximum absolute atomic E-state index is 5.91. The number of hydrogen-bond acceptors (Lipinski definition) is 6. The molecule has 1 aromatic carbocycles. The van der Waals surface area contributed by atoms with Crippen molar-refractivity contribution in [2.45, 2.75) is 25.4 Å². The molecule has 0 bridgehead atoms. The number of aromatic nitrogens is 5. The third-order valence-electron chi connectivity index (χ3n) is 4.16. The number of fused-ring (bicyclic) bond motifs is 3. The zero-order chi connectivity index (χ0) is 15.2. The third-order valence-corrected chi connectivity index (χ3v) is 4.16. The summed E-state index contributed by atoms with van der Waals surface area (Å²) >= 11 is 0. The second kappa shape index (κ2) is 4.77. The first kappa shape index (κ1) is 12.6. The normalized spacial score (nSPS) is 14.6. The van der Waals surface area contributed by atoms with Gasteiger partial charge in [0, 0.05) is 11.4 Å². The molecule has 0 amide bonds. The third kappa shape index (κ3) is 2.04.